The molecule has 1 heterocycles. The van der Waals surface area contributed by atoms with Crippen LogP contribution >= 0.6 is 11.6 Å². The molecule has 0 amide bonds. The monoisotopic (exact) mass is 270 g/mol. The lowest BCUT2D eigenvalue weighted by molar-refractivity contribution is 0.478. The molecule has 94 valence electrons. The Bertz CT molecular complexity index is 743. The van der Waals surface area contributed by atoms with Crippen LogP contribution in [0.5, 0.6) is 5.75 Å². The molecule has 0 aliphatic rings. The standard InChI is InChI=1S/C15H11ClN2O/c16-10-5-6-11-12(7-8-17-14(11)9-10)18-13-3-1-2-4-15(13)19/h1-9,19H,(H,17,18). The lowest BCUT2D eigenvalue weighted by Gasteiger charge is -2.10. The topological polar surface area (TPSA) is 45.1 Å². The minimum Gasteiger partial charge on any atom is -0.506 e. The first kappa shape index (κ1) is 11.8. The molecule has 4 heteroatoms. The first-order valence-electron chi connectivity index (χ1n) is 5.83. The van der Waals surface area contributed by atoms with E-state index in [-0.39, 0.29) is 5.75 Å². The maximum atomic E-state index is 9.79. The maximum Gasteiger partial charge on any atom is 0.139 e. The molecule has 1 aromatic heterocycles. The number of nitrogens with zero attached hydrogens (tertiary/aromatic N) is 1. The summed E-state index contributed by atoms with van der Waals surface area (Å²) >= 11 is 5.96. The quantitative estimate of drug-likeness (QED) is 0.681. The van der Waals surface area contributed by atoms with Gasteiger partial charge in [0.25, 0.3) is 0 Å². The highest BCUT2D eigenvalue weighted by molar-refractivity contribution is 6.31. The number of anilines is 2. The molecule has 3 rings (SSSR count). The molecule has 19 heavy (non-hydrogen) atoms. The van der Waals surface area contributed by atoms with E-state index in [4.69, 9.17) is 11.6 Å². The van der Waals surface area contributed by atoms with Crippen molar-refractivity contribution in [3.63, 3.8) is 0 Å². The third-order valence-electron chi connectivity index (χ3n) is 2.88. The van der Waals surface area contributed by atoms with Gasteiger partial charge in [0.15, 0.2) is 0 Å². The number of aromatic hydroxyl groups is 1. The van der Waals surface area contributed by atoms with Crippen LogP contribution in [0.4, 0.5) is 11.4 Å². The van der Waals surface area contributed by atoms with Gasteiger partial charge in [0.1, 0.15) is 5.75 Å². The normalized spacial score (nSPS) is 10.6. The Balaban J connectivity index is 2.09. The van der Waals surface area contributed by atoms with E-state index in [1.54, 1.807) is 18.3 Å². The third kappa shape index (κ3) is 2.33. The Hall–Kier alpha value is -2.26. The first-order valence-corrected chi connectivity index (χ1v) is 6.21. The van der Waals surface area contributed by atoms with Gasteiger partial charge in [0.05, 0.1) is 11.2 Å². The summed E-state index contributed by atoms with van der Waals surface area (Å²) in [6.45, 7) is 0. The van der Waals surface area contributed by atoms with Gasteiger partial charge in [-0.3, -0.25) is 4.98 Å². The summed E-state index contributed by atoms with van der Waals surface area (Å²) in [5, 5.41) is 14.6. The maximum absolute atomic E-state index is 9.79. The zero-order valence-corrected chi connectivity index (χ0v) is 10.7. The molecule has 2 aromatic carbocycles. The zero-order valence-electron chi connectivity index (χ0n) is 9.97. The van der Waals surface area contributed by atoms with E-state index in [1.807, 2.05) is 36.4 Å². The average molecular weight is 271 g/mol. The largest absolute Gasteiger partial charge is 0.506 e. The number of benzene rings is 2. The number of pyridine rings is 1. The molecule has 0 fully saturated rings. The predicted octanol–water partition coefficient (Wildman–Crippen LogP) is 4.34. The van der Waals surface area contributed by atoms with Crippen molar-refractivity contribution in [3.05, 3.63) is 59.8 Å². The minimum absolute atomic E-state index is 0.210. The first-order chi connectivity index (χ1) is 9.24. The number of nitrogens with one attached hydrogen (secondary N) is 1. The predicted molar refractivity (Wildman–Crippen MR) is 78.1 cm³/mol. The van der Waals surface area contributed by atoms with E-state index in [9.17, 15) is 5.11 Å². The van der Waals surface area contributed by atoms with Crippen molar-refractivity contribution in [1.29, 1.82) is 0 Å². The third-order valence-corrected chi connectivity index (χ3v) is 3.11. The number of aromatic nitrogens is 1. The van der Waals surface area contributed by atoms with Crippen molar-refractivity contribution in [2.75, 3.05) is 5.32 Å². The average Bonchev–Trinajstić information content (AvgIpc) is 2.41. The number of halogens is 1. The smallest absolute Gasteiger partial charge is 0.139 e. The SMILES string of the molecule is Oc1ccccc1Nc1ccnc2cc(Cl)ccc12. The van der Waals surface area contributed by atoms with Gasteiger partial charge in [-0.25, -0.2) is 0 Å². The molecule has 0 saturated carbocycles. The number of rotatable bonds is 2. The number of phenolic OH excluding ortho intramolecular Hbond substituents is 1. The van der Waals surface area contributed by atoms with E-state index in [0.29, 0.717) is 10.7 Å². The van der Waals surface area contributed by atoms with Gasteiger partial charge < -0.3 is 10.4 Å². The van der Waals surface area contributed by atoms with Crippen LogP contribution in [0.2, 0.25) is 5.02 Å². The van der Waals surface area contributed by atoms with E-state index in [1.165, 1.54) is 0 Å². The molecule has 0 aliphatic heterocycles. The van der Waals surface area contributed by atoms with Gasteiger partial charge >= 0.3 is 0 Å². The Kier molecular flexibility index (Phi) is 2.97. The number of phenols is 1. The second-order valence-electron chi connectivity index (χ2n) is 4.16. The van der Waals surface area contributed by atoms with Gasteiger partial charge in [-0.05, 0) is 36.4 Å². The summed E-state index contributed by atoms with van der Waals surface area (Å²) in [6.07, 6.45) is 1.71. The second kappa shape index (κ2) is 4.78. The summed E-state index contributed by atoms with van der Waals surface area (Å²) in [6, 6.07) is 14.5. The van der Waals surface area contributed by atoms with Crippen LogP contribution in [0.15, 0.2) is 54.7 Å². The molecule has 0 saturated heterocycles. The summed E-state index contributed by atoms with van der Waals surface area (Å²) in [7, 11) is 0. The number of hydrogen-bond acceptors (Lipinski definition) is 3. The molecular weight excluding hydrogens is 260 g/mol. The molecule has 0 bridgehead atoms. The Labute approximate surface area is 115 Å². The van der Waals surface area contributed by atoms with Gasteiger partial charge in [-0.1, -0.05) is 23.7 Å². The summed E-state index contributed by atoms with van der Waals surface area (Å²) < 4.78 is 0. The zero-order chi connectivity index (χ0) is 13.2. The van der Waals surface area contributed by atoms with E-state index >= 15 is 0 Å². The lowest BCUT2D eigenvalue weighted by Crippen LogP contribution is -1.92. The van der Waals surface area contributed by atoms with E-state index in [2.05, 4.69) is 10.3 Å². The van der Waals surface area contributed by atoms with Crippen LogP contribution < -0.4 is 5.32 Å². The molecule has 0 radical (unpaired) electrons. The fraction of sp³-hybridized carbons (Fsp3) is 0. The van der Waals surface area contributed by atoms with Crippen molar-refractivity contribution < 1.29 is 5.11 Å². The highest BCUT2D eigenvalue weighted by Gasteiger charge is 2.05. The summed E-state index contributed by atoms with van der Waals surface area (Å²) in [5.74, 6) is 0.210. The highest BCUT2D eigenvalue weighted by Crippen LogP contribution is 2.30. The van der Waals surface area contributed by atoms with Crippen molar-refractivity contribution in [2.24, 2.45) is 0 Å². The Morgan fingerprint density at radius 3 is 2.68 bits per heavy atom. The molecule has 3 aromatic rings. The molecule has 0 unspecified atom stereocenters. The number of hydrogen-bond donors (Lipinski definition) is 2. The van der Waals surface area contributed by atoms with Gasteiger partial charge in [0, 0.05) is 22.3 Å². The van der Waals surface area contributed by atoms with Crippen LogP contribution in [0.25, 0.3) is 10.9 Å². The van der Waals surface area contributed by atoms with Crippen LogP contribution in [0.3, 0.4) is 0 Å². The van der Waals surface area contributed by atoms with Crippen molar-refractivity contribution in [3.8, 4) is 5.75 Å². The Morgan fingerprint density at radius 2 is 1.84 bits per heavy atom. The van der Waals surface area contributed by atoms with Crippen molar-refractivity contribution >= 4 is 33.9 Å². The fourth-order valence-electron chi connectivity index (χ4n) is 1.95. The van der Waals surface area contributed by atoms with Crippen LogP contribution in [-0.2, 0) is 0 Å². The molecule has 0 spiro atoms. The highest BCUT2D eigenvalue weighted by atomic mass is 35.5. The molecular formula is C15H11ClN2O. The van der Waals surface area contributed by atoms with Gasteiger partial charge in [-0.2, -0.15) is 0 Å². The molecule has 2 N–H and O–H groups in total. The van der Waals surface area contributed by atoms with E-state index < -0.39 is 0 Å². The fourth-order valence-corrected chi connectivity index (χ4v) is 2.12. The number of para-hydroxylation sites is 2. The summed E-state index contributed by atoms with van der Waals surface area (Å²) in [4.78, 5) is 4.28. The lowest BCUT2D eigenvalue weighted by atomic mass is 10.2. The number of fused-ring (bicyclic) bond motifs is 1. The van der Waals surface area contributed by atoms with E-state index in [0.717, 1.165) is 16.6 Å². The van der Waals surface area contributed by atoms with Gasteiger partial charge in [0.2, 0.25) is 0 Å². The molecule has 3 nitrogen and oxygen atoms in total. The van der Waals surface area contributed by atoms with Crippen molar-refractivity contribution in [1.82, 2.24) is 4.98 Å². The van der Waals surface area contributed by atoms with Gasteiger partial charge in [-0.15, -0.1) is 0 Å². The molecule has 0 aliphatic carbocycles. The van der Waals surface area contributed by atoms with Crippen LogP contribution in [0.1, 0.15) is 0 Å². The minimum atomic E-state index is 0.210. The summed E-state index contributed by atoms with van der Waals surface area (Å²) in [5.41, 5.74) is 2.35. The van der Waals surface area contributed by atoms with Crippen LogP contribution in [-0.4, -0.2) is 10.1 Å². The van der Waals surface area contributed by atoms with Crippen molar-refractivity contribution in [2.45, 2.75) is 0 Å². The van der Waals surface area contributed by atoms with Crippen LogP contribution in [0, 0.1) is 0 Å². The Morgan fingerprint density at radius 1 is 1.00 bits per heavy atom. The molecule has 0 atom stereocenters. The second-order valence-corrected chi connectivity index (χ2v) is 4.60.